The molecule has 2 heterocycles. The molecule has 0 radical (unpaired) electrons. The van der Waals surface area contributed by atoms with Crippen LogP contribution in [-0.2, 0) is 33.3 Å². The summed E-state index contributed by atoms with van der Waals surface area (Å²) < 4.78 is 29.3. The van der Waals surface area contributed by atoms with Gasteiger partial charge in [-0.1, -0.05) is 39.3 Å². The minimum Gasteiger partial charge on any atom is -0.481 e. The van der Waals surface area contributed by atoms with E-state index in [2.05, 4.69) is 26.8 Å². The molecule has 2 saturated heterocycles. The van der Waals surface area contributed by atoms with Crippen molar-refractivity contribution < 1.29 is 74.1 Å². The van der Waals surface area contributed by atoms with Gasteiger partial charge in [-0.05, 0) is 105 Å². The summed E-state index contributed by atoms with van der Waals surface area (Å²) in [6, 6.07) is 0. The number of carboxylic acid groups (broad SMARTS) is 1. The van der Waals surface area contributed by atoms with Crippen molar-refractivity contribution in [3.63, 3.8) is 0 Å². The molecule has 0 unspecified atom stereocenters. The molecule has 0 aromatic heterocycles. The maximum Gasteiger partial charge on any atom is 0.311 e. The second kappa shape index (κ2) is 15.0. The number of aliphatic hydroxyl groups excluding tert-OH is 7. The summed E-state index contributed by atoms with van der Waals surface area (Å²) in [5.74, 6) is -1.17. The zero-order valence-electron chi connectivity index (χ0n) is 34.2. The smallest absolute Gasteiger partial charge is 0.311 e. The molecule has 0 aromatic carbocycles. The van der Waals surface area contributed by atoms with Crippen LogP contribution in [0.15, 0.2) is 11.6 Å². The van der Waals surface area contributed by atoms with Crippen LogP contribution >= 0.6 is 0 Å². The van der Waals surface area contributed by atoms with E-state index in [0.717, 1.165) is 32.1 Å². The summed E-state index contributed by atoms with van der Waals surface area (Å²) in [5.41, 5.74) is -2.07. The first-order valence-corrected chi connectivity index (χ1v) is 20.9. The van der Waals surface area contributed by atoms with Gasteiger partial charge in [0, 0.05) is 5.41 Å². The molecule has 15 heteroatoms. The lowest BCUT2D eigenvalue weighted by atomic mass is 9.33. The number of fused-ring (bicyclic) bond motifs is 7. The van der Waals surface area contributed by atoms with E-state index >= 15 is 0 Å². The molecule has 7 rings (SSSR count). The highest BCUT2D eigenvalue weighted by atomic mass is 16.8. The van der Waals surface area contributed by atoms with E-state index in [1.54, 1.807) is 0 Å². The van der Waals surface area contributed by atoms with Crippen molar-refractivity contribution in [1.29, 1.82) is 0 Å². The molecule has 57 heavy (non-hydrogen) atoms. The highest BCUT2D eigenvalue weighted by molar-refractivity contribution is 5.80. The second-order valence-electron chi connectivity index (χ2n) is 19.9. The topological polar surface area (TPSA) is 242 Å². The summed E-state index contributed by atoms with van der Waals surface area (Å²) in [6.45, 7) is 9.80. The molecule has 0 bridgehead atoms. The molecule has 0 amide bonds. The summed E-state index contributed by atoms with van der Waals surface area (Å²) in [6.07, 6.45) is -5.58. The van der Waals surface area contributed by atoms with Crippen molar-refractivity contribution in [2.75, 3.05) is 26.9 Å². The van der Waals surface area contributed by atoms with Crippen molar-refractivity contribution in [2.24, 2.45) is 50.2 Å². The molecule has 5 aliphatic carbocycles. The molecular formula is C42H66O15. The molecular weight excluding hydrogens is 744 g/mol. The van der Waals surface area contributed by atoms with Crippen LogP contribution in [0.2, 0.25) is 0 Å². The van der Waals surface area contributed by atoms with Crippen molar-refractivity contribution in [3.05, 3.63) is 11.6 Å². The highest BCUT2D eigenvalue weighted by Gasteiger charge is 2.70. The Hall–Kier alpha value is -1.76. The molecule has 7 aliphatic rings. The van der Waals surface area contributed by atoms with Gasteiger partial charge < -0.3 is 64.5 Å². The number of allylic oxidation sites excluding steroid dienone is 2. The number of carboxylic acids is 1. The fourth-order valence-corrected chi connectivity index (χ4v) is 13.6. The monoisotopic (exact) mass is 810 g/mol. The number of carbonyl (C=O) groups excluding carboxylic acids is 1. The van der Waals surface area contributed by atoms with Gasteiger partial charge in [0.1, 0.15) is 42.7 Å². The molecule has 0 spiro atoms. The average molecular weight is 811 g/mol. The minimum absolute atomic E-state index is 0.00621. The number of aliphatic carboxylic acids is 1. The second-order valence-corrected chi connectivity index (χ2v) is 19.9. The number of methoxy groups -OCH3 is 1. The number of rotatable bonds is 8. The van der Waals surface area contributed by atoms with E-state index in [-0.39, 0.29) is 53.2 Å². The third kappa shape index (κ3) is 6.30. The number of aliphatic hydroxyl groups is 7. The minimum atomic E-state index is -1.75. The summed E-state index contributed by atoms with van der Waals surface area (Å²) in [5, 5.41) is 84.8. The quantitative estimate of drug-likeness (QED) is 0.0988. The van der Waals surface area contributed by atoms with Gasteiger partial charge >= 0.3 is 11.9 Å². The zero-order valence-corrected chi connectivity index (χ0v) is 34.2. The van der Waals surface area contributed by atoms with E-state index in [1.165, 1.54) is 12.7 Å². The van der Waals surface area contributed by atoms with Crippen LogP contribution < -0.4 is 0 Å². The lowest BCUT2D eigenvalue weighted by molar-refractivity contribution is -0.368. The largest absolute Gasteiger partial charge is 0.481 e. The van der Waals surface area contributed by atoms with E-state index < -0.39 is 90.2 Å². The Morgan fingerprint density at radius 1 is 0.825 bits per heavy atom. The van der Waals surface area contributed by atoms with Gasteiger partial charge in [-0.15, -0.1) is 0 Å². The van der Waals surface area contributed by atoms with Crippen LogP contribution in [0.25, 0.3) is 0 Å². The molecule has 324 valence electrons. The molecule has 0 aromatic rings. The van der Waals surface area contributed by atoms with Gasteiger partial charge in [-0.25, -0.2) is 0 Å². The number of carbonyl (C=O) groups is 2. The van der Waals surface area contributed by atoms with Crippen LogP contribution in [0.4, 0.5) is 0 Å². The third-order valence-corrected chi connectivity index (χ3v) is 17.5. The first-order valence-electron chi connectivity index (χ1n) is 20.9. The predicted octanol–water partition coefficient (Wildman–Crippen LogP) is 1.65. The van der Waals surface area contributed by atoms with E-state index in [1.807, 2.05) is 13.8 Å². The Balaban J connectivity index is 1.16. The van der Waals surface area contributed by atoms with Crippen LogP contribution in [0.5, 0.6) is 0 Å². The zero-order chi connectivity index (χ0) is 41.7. The summed E-state index contributed by atoms with van der Waals surface area (Å²) in [4.78, 5) is 26.3. The SMILES string of the molecule is COC(=O)[C@@]1(C)CC[C@]2(C(=O)O)CC[C@]3(C)C(=CC[C@@H]4[C@@]5(C)CC[C@H](O[C@@H]6OC[C@@H](O)[C@H](O)[C@H]6O[C@@H]6O[C@H](CO)[C@@H](O)[C@H](O)[C@H]6O)[C@@](C)(CO)[C@@H]5CC[C@]43C)[C@H]2C1. The normalized spacial score (nSPS) is 53.6. The molecule has 4 saturated carbocycles. The van der Waals surface area contributed by atoms with Crippen molar-refractivity contribution >= 4 is 11.9 Å². The van der Waals surface area contributed by atoms with Crippen LogP contribution in [-0.4, -0.2) is 141 Å². The summed E-state index contributed by atoms with van der Waals surface area (Å²) >= 11 is 0. The Morgan fingerprint density at radius 2 is 1.53 bits per heavy atom. The number of hydrogen-bond donors (Lipinski definition) is 8. The Bertz CT molecular complexity index is 1570. The first-order chi connectivity index (χ1) is 26.7. The van der Waals surface area contributed by atoms with Crippen LogP contribution in [0.3, 0.4) is 0 Å². The molecule has 2 aliphatic heterocycles. The Morgan fingerprint density at radius 3 is 2.18 bits per heavy atom. The average Bonchev–Trinajstić information content (AvgIpc) is 3.18. The van der Waals surface area contributed by atoms with E-state index in [4.69, 9.17) is 23.7 Å². The van der Waals surface area contributed by atoms with E-state index in [9.17, 15) is 50.4 Å². The van der Waals surface area contributed by atoms with Gasteiger partial charge in [0.15, 0.2) is 12.6 Å². The van der Waals surface area contributed by atoms with Gasteiger partial charge in [-0.3, -0.25) is 9.59 Å². The number of hydrogen-bond acceptors (Lipinski definition) is 14. The lowest BCUT2D eigenvalue weighted by Gasteiger charge is -2.71. The van der Waals surface area contributed by atoms with Gasteiger partial charge in [0.2, 0.25) is 0 Å². The van der Waals surface area contributed by atoms with Gasteiger partial charge in [0.25, 0.3) is 0 Å². The standard InChI is InChI=1S/C42H66O15/c1-37(36(52)53-6)13-15-42(35(50)51)16-14-40(4)21(22(42)17-37)7-8-26-38(2)11-10-27(39(3,20-44)25(38)9-12-41(26,40)5)56-34-32(28(46)23(45)19-54-34)57-33-31(49)30(48)29(47)24(18-43)55-33/h7,22-34,43-49H,8-20H2,1-6H3,(H,50,51)/t22-,23-,24-,25-,26-,27+,28+,29-,30+,31-,32-,33+,34+,37+,38+,39+,40-,41-,42+/m1/s1. The summed E-state index contributed by atoms with van der Waals surface area (Å²) in [7, 11) is 1.40. The maximum absolute atomic E-state index is 13.2. The fourth-order valence-electron chi connectivity index (χ4n) is 13.6. The van der Waals surface area contributed by atoms with E-state index in [0.29, 0.717) is 32.1 Å². The lowest BCUT2D eigenvalue weighted by Crippen LogP contribution is -2.67. The maximum atomic E-state index is 13.2. The van der Waals surface area contributed by atoms with Crippen molar-refractivity contribution in [1.82, 2.24) is 0 Å². The van der Waals surface area contributed by atoms with Crippen molar-refractivity contribution in [3.8, 4) is 0 Å². The van der Waals surface area contributed by atoms with Gasteiger partial charge in [-0.2, -0.15) is 0 Å². The third-order valence-electron chi connectivity index (χ3n) is 17.5. The predicted molar refractivity (Wildman–Crippen MR) is 200 cm³/mol. The van der Waals surface area contributed by atoms with Crippen LogP contribution in [0.1, 0.15) is 98.8 Å². The Kier molecular flexibility index (Phi) is 11.4. The Labute approximate surface area is 334 Å². The molecule has 8 N–H and O–H groups in total. The highest BCUT2D eigenvalue weighted by Crippen LogP contribution is 2.76. The fraction of sp³-hybridized carbons (Fsp3) is 0.905. The molecule has 15 nitrogen and oxygen atoms in total. The first kappa shape index (κ1) is 43.3. The van der Waals surface area contributed by atoms with Crippen LogP contribution in [0, 0.1) is 50.2 Å². The molecule has 6 fully saturated rings. The molecule has 19 atom stereocenters. The van der Waals surface area contributed by atoms with Gasteiger partial charge in [0.05, 0.1) is 43.9 Å². The number of esters is 1. The number of ether oxygens (including phenoxy) is 5. The van der Waals surface area contributed by atoms with Crippen molar-refractivity contribution in [2.45, 2.75) is 160 Å².